The number of ether oxygens (including phenoxy) is 1. The van der Waals surface area contributed by atoms with E-state index < -0.39 is 0 Å². The van der Waals surface area contributed by atoms with Crippen molar-refractivity contribution in [1.82, 2.24) is 19.5 Å². The molecule has 2 aliphatic carbocycles. The molecule has 26 heavy (non-hydrogen) atoms. The molecule has 5 rings (SSSR count). The van der Waals surface area contributed by atoms with Crippen LogP contribution in [0.4, 0.5) is 5.82 Å². The lowest BCUT2D eigenvalue weighted by Crippen LogP contribution is -2.16. The number of hydrogen-bond donors (Lipinski definition) is 1. The molecule has 0 saturated heterocycles. The monoisotopic (exact) mass is 349 g/mol. The Kier molecular flexibility index (Phi) is 3.96. The van der Waals surface area contributed by atoms with Crippen LogP contribution in [0.3, 0.4) is 0 Å². The van der Waals surface area contributed by atoms with Gasteiger partial charge in [0, 0.05) is 12.1 Å². The Bertz CT molecular complexity index is 911. The van der Waals surface area contributed by atoms with Crippen molar-refractivity contribution >= 4 is 16.9 Å². The van der Waals surface area contributed by atoms with Crippen LogP contribution >= 0.6 is 0 Å². The summed E-state index contributed by atoms with van der Waals surface area (Å²) >= 11 is 0. The Morgan fingerprint density at radius 2 is 2.00 bits per heavy atom. The van der Waals surface area contributed by atoms with Crippen molar-refractivity contribution in [3.63, 3.8) is 0 Å². The summed E-state index contributed by atoms with van der Waals surface area (Å²) in [4.78, 5) is 13.6. The van der Waals surface area contributed by atoms with Crippen molar-refractivity contribution < 1.29 is 4.74 Å². The van der Waals surface area contributed by atoms with E-state index >= 15 is 0 Å². The molecular formula is C20H23N5O. The second-order valence-corrected chi connectivity index (χ2v) is 7.41. The largest absolute Gasteiger partial charge is 0.493 e. The first-order chi connectivity index (χ1) is 12.8. The van der Waals surface area contributed by atoms with Gasteiger partial charge in [0.2, 0.25) is 0 Å². The predicted octanol–water partition coefficient (Wildman–Crippen LogP) is 3.96. The van der Waals surface area contributed by atoms with E-state index in [-0.39, 0.29) is 0 Å². The van der Waals surface area contributed by atoms with Gasteiger partial charge in [-0.05, 0) is 43.7 Å². The second kappa shape index (κ2) is 6.59. The van der Waals surface area contributed by atoms with Gasteiger partial charge in [0.1, 0.15) is 17.9 Å². The smallest absolute Gasteiger partial charge is 0.159 e. The quantitative estimate of drug-likeness (QED) is 0.730. The minimum Gasteiger partial charge on any atom is -0.493 e. The van der Waals surface area contributed by atoms with E-state index in [0.29, 0.717) is 6.04 Å². The summed E-state index contributed by atoms with van der Waals surface area (Å²) in [6.07, 6.45) is 13.0. The number of hydrogen-bond acceptors (Lipinski definition) is 5. The number of fused-ring (bicyclic) bond motifs is 1. The van der Waals surface area contributed by atoms with Crippen molar-refractivity contribution in [2.75, 3.05) is 11.9 Å². The molecule has 0 unspecified atom stereocenters. The average Bonchev–Trinajstić information content (AvgIpc) is 3.18. The van der Waals surface area contributed by atoms with Crippen molar-refractivity contribution in [1.29, 1.82) is 0 Å². The Morgan fingerprint density at radius 1 is 1.12 bits per heavy atom. The highest BCUT2D eigenvalue weighted by molar-refractivity contribution is 5.78. The summed E-state index contributed by atoms with van der Waals surface area (Å²) in [6.45, 7) is 0.806. The predicted molar refractivity (Wildman–Crippen MR) is 101 cm³/mol. The zero-order valence-corrected chi connectivity index (χ0v) is 14.8. The van der Waals surface area contributed by atoms with E-state index in [9.17, 15) is 0 Å². The normalized spacial score (nSPS) is 17.7. The molecule has 6 nitrogen and oxygen atoms in total. The molecule has 2 aliphatic rings. The Labute approximate surface area is 152 Å². The molecule has 0 amide bonds. The minimum atomic E-state index is 0.515. The molecule has 6 heteroatoms. The minimum absolute atomic E-state index is 0.515. The van der Waals surface area contributed by atoms with Crippen molar-refractivity contribution in [2.45, 2.75) is 44.6 Å². The fourth-order valence-electron chi connectivity index (χ4n) is 3.58. The molecule has 2 saturated carbocycles. The fraction of sp³-hybridized carbons (Fsp3) is 0.450. The molecule has 1 N–H and O–H groups in total. The number of nitrogens with one attached hydrogen (secondary N) is 1. The number of anilines is 1. The zero-order valence-electron chi connectivity index (χ0n) is 14.8. The second-order valence-electron chi connectivity index (χ2n) is 7.41. The van der Waals surface area contributed by atoms with E-state index in [0.717, 1.165) is 40.9 Å². The number of aromatic nitrogens is 4. The average molecular weight is 349 g/mol. The molecule has 2 heterocycles. The third-order valence-corrected chi connectivity index (χ3v) is 5.28. The van der Waals surface area contributed by atoms with Gasteiger partial charge in [-0.25, -0.2) is 9.97 Å². The maximum Gasteiger partial charge on any atom is 0.159 e. The van der Waals surface area contributed by atoms with Crippen LogP contribution in [0, 0.1) is 5.92 Å². The summed E-state index contributed by atoms with van der Waals surface area (Å²) < 4.78 is 7.90. The molecule has 0 spiro atoms. The molecule has 1 aromatic carbocycles. The zero-order chi connectivity index (χ0) is 17.3. The third-order valence-electron chi connectivity index (χ3n) is 5.28. The molecule has 3 aromatic rings. The lowest BCUT2D eigenvalue weighted by atomic mass is 10.2. The van der Waals surface area contributed by atoms with Crippen LogP contribution in [0.15, 0.2) is 36.9 Å². The number of nitrogens with zero attached hydrogens (tertiary/aromatic N) is 4. The highest BCUT2D eigenvalue weighted by Crippen LogP contribution is 2.30. The highest BCUT2D eigenvalue weighted by Gasteiger charge is 2.22. The van der Waals surface area contributed by atoms with E-state index in [4.69, 9.17) is 9.72 Å². The molecule has 134 valence electrons. The lowest BCUT2D eigenvalue weighted by Gasteiger charge is -2.13. The van der Waals surface area contributed by atoms with Gasteiger partial charge in [-0.3, -0.25) is 9.55 Å². The molecule has 2 aromatic heterocycles. The Morgan fingerprint density at radius 3 is 2.85 bits per heavy atom. The van der Waals surface area contributed by atoms with Crippen LogP contribution in [-0.4, -0.2) is 32.2 Å². The van der Waals surface area contributed by atoms with Gasteiger partial charge >= 0.3 is 0 Å². The molecule has 0 atom stereocenters. The van der Waals surface area contributed by atoms with Crippen LogP contribution < -0.4 is 10.1 Å². The summed E-state index contributed by atoms with van der Waals surface area (Å²) in [5, 5.41) is 3.51. The summed E-state index contributed by atoms with van der Waals surface area (Å²) in [5.41, 5.74) is 1.92. The van der Waals surface area contributed by atoms with Gasteiger partial charge < -0.3 is 10.1 Å². The standard InChI is InChI=1S/C20H23N5O/c1-2-4-15(3-1)23-19-10-21-11-20(24-19)25-13-22-17-8-7-16(9-18(17)25)26-12-14-5-6-14/h7-11,13-15H,1-6,12H2,(H,23,24). The van der Waals surface area contributed by atoms with E-state index in [2.05, 4.69) is 15.3 Å². The molecule has 2 fully saturated rings. The Hall–Kier alpha value is -2.63. The van der Waals surface area contributed by atoms with E-state index in [1.54, 1.807) is 18.7 Å². The topological polar surface area (TPSA) is 64.9 Å². The van der Waals surface area contributed by atoms with Crippen LogP contribution in [0.25, 0.3) is 16.9 Å². The first-order valence-electron chi connectivity index (χ1n) is 9.54. The van der Waals surface area contributed by atoms with Crippen molar-refractivity contribution in [3.05, 3.63) is 36.9 Å². The van der Waals surface area contributed by atoms with Crippen LogP contribution in [0.5, 0.6) is 5.75 Å². The van der Waals surface area contributed by atoms with Gasteiger partial charge in [0.15, 0.2) is 5.82 Å². The van der Waals surface area contributed by atoms with Crippen LogP contribution in [-0.2, 0) is 0 Å². The van der Waals surface area contributed by atoms with Crippen molar-refractivity contribution in [3.8, 4) is 11.6 Å². The highest BCUT2D eigenvalue weighted by atomic mass is 16.5. The molecule has 0 bridgehead atoms. The van der Waals surface area contributed by atoms with E-state index in [1.165, 1.54) is 38.5 Å². The van der Waals surface area contributed by atoms with E-state index in [1.807, 2.05) is 22.8 Å². The summed E-state index contributed by atoms with van der Waals surface area (Å²) in [5.74, 6) is 3.23. The van der Waals surface area contributed by atoms with Crippen LogP contribution in [0.1, 0.15) is 38.5 Å². The third kappa shape index (κ3) is 3.23. The van der Waals surface area contributed by atoms with Crippen molar-refractivity contribution in [2.24, 2.45) is 5.92 Å². The number of imidazole rings is 1. The first-order valence-corrected chi connectivity index (χ1v) is 9.54. The molecule has 0 radical (unpaired) electrons. The summed E-state index contributed by atoms with van der Waals surface area (Å²) in [6, 6.07) is 6.55. The van der Waals surface area contributed by atoms with Crippen LogP contribution in [0.2, 0.25) is 0 Å². The van der Waals surface area contributed by atoms with Gasteiger partial charge in [0.25, 0.3) is 0 Å². The van der Waals surface area contributed by atoms with Gasteiger partial charge in [-0.15, -0.1) is 0 Å². The first kappa shape index (κ1) is 15.6. The van der Waals surface area contributed by atoms with Gasteiger partial charge in [0.05, 0.1) is 30.0 Å². The Balaban J connectivity index is 1.42. The number of benzene rings is 1. The van der Waals surface area contributed by atoms with Gasteiger partial charge in [-0.1, -0.05) is 12.8 Å². The lowest BCUT2D eigenvalue weighted by molar-refractivity contribution is 0.300. The maximum atomic E-state index is 5.92. The SMILES string of the molecule is c1cc2ncn(-c3cncc(NC4CCCC4)n3)c2cc1OCC1CC1. The fourth-order valence-corrected chi connectivity index (χ4v) is 3.58. The van der Waals surface area contributed by atoms with Gasteiger partial charge in [-0.2, -0.15) is 0 Å². The molecule has 0 aliphatic heterocycles. The number of rotatable bonds is 6. The summed E-state index contributed by atoms with van der Waals surface area (Å²) in [7, 11) is 0. The maximum absolute atomic E-state index is 5.92. The molecular weight excluding hydrogens is 326 g/mol.